The molecule has 3 aromatic rings. The highest BCUT2D eigenvalue weighted by molar-refractivity contribution is 7.92. The number of para-hydroxylation sites is 1. The zero-order valence-corrected chi connectivity index (χ0v) is 21.2. The molecule has 0 heterocycles. The molecule has 2 amide bonds. The smallest absolute Gasteiger partial charge is 0.244 e. The van der Waals surface area contributed by atoms with E-state index in [0.29, 0.717) is 10.7 Å². The molecule has 1 atom stereocenters. The average molecular weight is 514 g/mol. The lowest BCUT2D eigenvalue weighted by atomic mass is 10.0. The van der Waals surface area contributed by atoms with E-state index < -0.39 is 28.5 Å². The van der Waals surface area contributed by atoms with Crippen LogP contribution in [0.1, 0.15) is 11.1 Å². The fourth-order valence-corrected chi connectivity index (χ4v) is 4.82. The summed E-state index contributed by atoms with van der Waals surface area (Å²) in [6, 6.07) is 23.9. The zero-order chi connectivity index (χ0) is 25.4. The Kier molecular flexibility index (Phi) is 8.89. The van der Waals surface area contributed by atoms with Crippen LogP contribution in [-0.2, 0) is 32.6 Å². The average Bonchev–Trinajstić information content (AvgIpc) is 2.84. The third-order valence-corrected chi connectivity index (χ3v) is 6.86. The topological polar surface area (TPSA) is 86.8 Å². The zero-order valence-electron chi connectivity index (χ0n) is 19.6. The van der Waals surface area contributed by atoms with E-state index in [9.17, 15) is 18.0 Å². The van der Waals surface area contributed by atoms with E-state index in [1.54, 1.807) is 54.6 Å². The van der Waals surface area contributed by atoms with Crippen LogP contribution in [0.4, 0.5) is 5.69 Å². The number of nitrogens with zero attached hydrogens (tertiary/aromatic N) is 2. The lowest BCUT2D eigenvalue weighted by Gasteiger charge is -2.33. The number of nitrogens with one attached hydrogen (secondary N) is 1. The van der Waals surface area contributed by atoms with Gasteiger partial charge in [0.25, 0.3) is 0 Å². The quantitative estimate of drug-likeness (QED) is 0.449. The van der Waals surface area contributed by atoms with Crippen molar-refractivity contribution in [3.8, 4) is 0 Å². The van der Waals surface area contributed by atoms with Crippen molar-refractivity contribution in [2.24, 2.45) is 0 Å². The first-order chi connectivity index (χ1) is 16.7. The van der Waals surface area contributed by atoms with Gasteiger partial charge < -0.3 is 10.2 Å². The van der Waals surface area contributed by atoms with E-state index in [4.69, 9.17) is 11.6 Å². The molecule has 7 nitrogen and oxygen atoms in total. The number of sulfonamides is 1. The van der Waals surface area contributed by atoms with Crippen molar-refractivity contribution in [1.82, 2.24) is 10.2 Å². The summed E-state index contributed by atoms with van der Waals surface area (Å²) in [7, 11) is -2.26. The van der Waals surface area contributed by atoms with E-state index in [0.717, 1.165) is 21.7 Å². The highest BCUT2D eigenvalue weighted by atomic mass is 35.5. The van der Waals surface area contributed by atoms with Crippen LogP contribution in [0.3, 0.4) is 0 Å². The van der Waals surface area contributed by atoms with E-state index in [-0.39, 0.29) is 18.9 Å². The fourth-order valence-electron chi connectivity index (χ4n) is 3.76. The maximum Gasteiger partial charge on any atom is 0.244 e. The molecule has 3 rings (SSSR count). The lowest BCUT2D eigenvalue weighted by molar-refractivity contribution is -0.139. The van der Waals surface area contributed by atoms with Gasteiger partial charge in [0.2, 0.25) is 21.8 Å². The maximum atomic E-state index is 13.7. The largest absolute Gasteiger partial charge is 0.357 e. The number of rotatable bonds is 10. The molecule has 0 aromatic heterocycles. The predicted molar refractivity (Wildman–Crippen MR) is 139 cm³/mol. The number of anilines is 1. The van der Waals surface area contributed by atoms with Crippen LogP contribution in [0, 0.1) is 0 Å². The first kappa shape index (κ1) is 26.2. The molecule has 184 valence electrons. The predicted octanol–water partition coefficient (Wildman–Crippen LogP) is 3.49. The Morgan fingerprint density at radius 1 is 0.914 bits per heavy atom. The summed E-state index contributed by atoms with van der Waals surface area (Å²) in [5, 5.41) is 3.14. The van der Waals surface area contributed by atoms with Crippen LogP contribution in [0.25, 0.3) is 0 Å². The second kappa shape index (κ2) is 11.9. The molecular weight excluding hydrogens is 486 g/mol. The molecule has 0 aliphatic rings. The minimum Gasteiger partial charge on any atom is -0.357 e. The molecule has 0 spiro atoms. The normalized spacial score (nSPS) is 12.0. The van der Waals surface area contributed by atoms with E-state index in [1.807, 2.05) is 30.3 Å². The molecule has 1 unspecified atom stereocenters. The summed E-state index contributed by atoms with van der Waals surface area (Å²) in [6.07, 6.45) is 1.31. The third-order valence-electron chi connectivity index (χ3n) is 5.48. The van der Waals surface area contributed by atoms with E-state index in [1.165, 1.54) is 11.9 Å². The van der Waals surface area contributed by atoms with Gasteiger partial charge >= 0.3 is 0 Å². The SMILES string of the molecule is CNC(=O)C(Cc1ccccc1)N(Cc1cccc(Cl)c1)C(=O)CN(c1ccccc1)S(C)(=O)=O. The molecular formula is C26H28ClN3O4S. The van der Waals surface area contributed by atoms with Crippen molar-refractivity contribution in [3.05, 3.63) is 101 Å². The van der Waals surface area contributed by atoms with E-state index in [2.05, 4.69) is 5.32 Å². The van der Waals surface area contributed by atoms with Crippen molar-refractivity contribution in [2.75, 3.05) is 24.2 Å². The minimum atomic E-state index is -3.77. The molecule has 0 saturated heterocycles. The second-order valence-electron chi connectivity index (χ2n) is 8.08. The third kappa shape index (κ3) is 7.31. The number of amides is 2. The molecule has 0 bridgehead atoms. The van der Waals surface area contributed by atoms with Crippen LogP contribution in [0.15, 0.2) is 84.9 Å². The number of carbonyl (C=O) groups is 2. The van der Waals surface area contributed by atoms with Crippen LogP contribution in [0.2, 0.25) is 5.02 Å². The number of benzene rings is 3. The minimum absolute atomic E-state index is 0.0801. The van der Waals surface area contributed by atoms with Crippen molar-refractivity contribution in [1.29, 1.82) is 0 Å². The summed E-state index contributed by atoms with van der Waals surface area (Å²) in [4.78, 5) is 28.1. The molecule has 35 heavy (non-hydrogen) atoms. The van der Waals surface area contributed by atoms with Crippen LogP contribution in [-0.4, -0.2) is 51.0 Å². The summed E-state index contributed by atoms with van der Waals surface area (Å²) >= 11 is 6.16. The number of likely N-dealkylation sites (N-methyl/N-ethyl adjacent to an activating group) is 1. The molecule has 0 fully saturated rings. The van der Waals surface area contributed by atoms with E-state index >= 15 is 0 Å². The van der Waals surface area contributed by atoms with Crippen LogP contribution >= 0.6 is 11.6 Å². The Bertz CT molecular complexity index is 1250. The molecule has 9 heteroatoms. The van der Waals surface area contributed by atoms with Gasteiger partial charge in [-0.25, -0.2) is 8.42 Å². The van der Waals surface area contributed by atoms with Crippen molar-refractivity contribution in [3.63, 3.8) is 0 Å². The molecule has 0 aliphatic heterocycles. The number of carbonyl (C=O) groups excluding carboxylic acids is 2. The molecule has 0 radical (unpaired) electrons. The highest BCUT2D eigenvalue weighted by Crippen LogP contribution is 2.21. The Balaban J connectivity index is 2.01. The monoisotopic (exact) mass is 513 g/mol. The lowest BCUT2D eigenvalue weighted by Crippen LogP contribution is -2.52. The van der Waals surface area contributed by atoms with Gasteiger partial charge in [0.15, 0.2) is 0 Å². The van der Waals surface area contributed by atoms with Crippen molar-refractivity contribution in [2.45, 2.75) is 19.0 Å². The fraction of sp³-hybridized carbons (Fsp3) is 0.231. The Morgan fingerprint density at radius 2 is 1.51 bits per heavy atom. The Hall–Kier alpha value is -3.36. The Morgan fingerprint density at radius 3 is 2.09 bits per heavy atom. The van der Waals surface area contributed by atoms with Crippen molar-refractivity contribution >= 4 is 39.1 Å². The van der Waals surface area contributed by atoms with Gasteiger partial charge in [-0.3, -0.25) is 13.9 Å². The number of hydrogen-bond donors (Lipinski definition) is 1. The first-order valence-electron chi connectivity index (χ1n) is 11.0. The summed E-state index contributed by atoms with van der Waals surface area (Å²) in [5.41, 5.74) is 1.96. The highest BCUT2D eigenvalue weighted by Gasteiger charge is 2.32. The molecule has 0 saturated carbocycles. The number of halogens is 1. The van der Waals surface area contributed by atoms with Crippen LogP contribution in [0.5, 0.6) is 0 Å². The Labute approximate surface area is 211 Å². The van der Waals surface area contributed by atoms with Crippen molar-refractivity contribution < 1.29 is 18.0 Å². The van der Waals surface area contributed by atoms with Gasteiger partial charge in [-0.2, -0.15) is 0 Å². The molecule has 0 aliphatic carbocycles. The maximum absolute atomic E-state index is 13.7. The van der Waals surface area contributed by atoms with Crippen LogP contribution < -0.4 is 9.62 Å². The summed E-state index contributed by atoms with van der Waals surface area (Å²) < 4.78 is 26.3. The second-order valence-corrected chi connectivity index (χ2v) is 10.4. The van der Waals surface area contributed by atoms with Gasteiger partial charge in [0, 0.05) is 25.0 Å². The van der Waals surface area contributed by atoms with Gasteiger partial charge in [-0.1, -0.05) is 72.3 Å². The standard InChI is InChI=1S/C26H28ClN3O4S/c1-28-26(32)24(17-20-10-5-3-6-11-20)29(18-21-12-9-13-22(27)16-21)25(31)19-30(35(2,33)34)23-14-7-4-8-15-23/h3-16,24H,17-19H2,1-2H3,(H,28,32). The van der Waals surface area contributed by atoms with Gasteiger partial charge in [0.05, 0.1) is 11.9 Å². The van der Waals surface area contributed by atoms with Gasteiger partial charge in [-0.15, -0.1) is 0 Å². The first-order valence-corrected chi connectivity index (χ1v) is 13.2. The molecule has 1 N–H and O–H groups in total. The number of hydrogen-bond acceptors (Lipinski definition) is 4. The summed E-state index contributed by atoms with van der Waals surface area (Å²) in [6.45, 7) is -0.373. The van der Waals surface area contributed by atoms with Gasteiger partial charge in [-0.05, 0) is 35.4 Å². The van der Waals surface area contributed by atoms with Gasteiger partial charge in [0.1, 0.15) is 12.6 Å². The molecule has 3 aromatic carbocycles. The summed E-state index contributed by atoms with van der Waals surface area (Å²) in [5.74, 6) is -0.862.